The third-order valence-electron chi connectivity index (χ3n) is 13.6. The van der Waals surface area contributed by atoms with Gasteiger partial charge in [-0.2, -0.15) is 0 Å². The highest BCUT2D eigenvalue weighted by Gasteiger charge is 2.56. The summed E-state index contributed by atoms with van der Waals surface area (Å²) in [5, 5.41) is 14.0. The Balaban J connectivity index is 0.000000207. The average molecular weight is 995 g/mol. The second-order valence-corrected chi connectivity index (χ2v) is 31.7. The largest absolute Gasteiger partial charge is 0.490 e. The van der Waals surface area contributed by atoms with Gasteiger partial charge in [0.05, 0.1) is 24.4 Å². The van der Waals surface area contributed by atoms with Crippen LogP contribution in [0.5, 0.6) is 11.5 Å². The molecule has 0 aromatic heterocycles. The van der Waals surface area contributed by atoms with Crippen LogP contribution in [-0.4, -0.2) is 52.3 Å². The lowest BCUT2D eigenvalue weighted by Crippen LogP contribution is -2.64. The van der Waals surface area contributed by atoms with Crippen LogP contribution in [-0.2, 0) is 32.2 Å². The monoisotopic (exact) mass is 992 g/mol. The predicted molar refractivity (Wildman–Crippen MR) is 264 cm³/mol. The summed E-state index contributed by atoms with van der Waals surface area (Å²) in [4.78, 5) is 0. The van der Waals surface area contributed by atoms with E-state index in [1.807, 2.05) is 30.3 Å². The summed E-state index contributed by atoms with van der Waals surface area (Å²) in [6.45, 7) is 17.3. The minimum atomic E-state index is -2.09. The van der Waals surface area contributed by atoms with E-state index in [-0.39, 0.29) is 18.1 Å². The lowest BCUT2D eigenvalue weighted by atomic mass is 9.82. The van der Waals surface area contributed by atoms with E-state index in [2.05, 4.69) is 124 Å². The highest BCUT2D eigenvalue weighted by molar-refractivity contribution is 9.10. The van der Waals surface area contributed by atoms with Crippen LogP contribution in [0.4, 0.5) is 0 Å². The molecule has 1 heterocycles. The molecule has 5 aliphatic rings. The normalized spacial score (nSPS) is 30.8. The molecule has 4 aromatic carbocycles. The van der Waals surface area contributed by atoms with E-state index < -0.39 is 28.5 Å². The van der Waals surface area contributed by atoms with Crippen molar-refractivity contribution in [1.82, 2.24) is 0 Å². The van der Waals surface area contributed by atoms with Gasteiger partial charge in [0.25, 0.3) is 0 Å². The molecule has 1 N–H and O–H groups in total. The Hall–Kier alpha value is -2.19. The van der Waals surface area contributed by atoms with Gasteiger partial charge in [0, 0.05) is 26.0 Å². The number of fused-ring (bicyclic) bond motifs is 2. The number of benzene rings is 4. The van der Waals surface area contributed by atoms with Crippen LogP contribution in [0.25, 0.3) is 0 Å². The van der Waals surface area contributed by atoms with Crippen molar-refractivity contribution in [3.63, 3.8) is 0 Å². The molecule has 0 spiro atoms. The van der Waals surface area contributed by atoms with Gasteiger partial charge in [-0.15, -0.1) is 0 Å². The fraction of sp³-hybridized carbons (Fsp3) is 0.538. The lowest BCUT2D eigenvalue weighted by Gasteiger charge is -2.53. The van der Waals surface area contributed by atoms with Crippen LogP contribution in [0.1, 0.15) is 86.6 Å². The van der Waals surface area contributed by atoms with Crippen LogP contribution in [0, 0.1) is 29.6 Å². The summed E-state index contributed by atoms with van der Waals surface area (Å²) in [5.41, 5.74) is 5.13. The molecule has 9 atom stereocenters. The number of rotatable bonds is 14. The average Bonchev–Trinajstić information content (AvgIpc) is 4.06. The first-order valence-electron chi connectivity index (χ1n) is 23.3. The molecule has 0 radical (unpaired) electrons. The summed E-state index contributed by atoms with van der Waals surface area (Å²) in [7, 11) is -4.05. The maximum absolute atomic E-state index is 12.5. The molecule has 4 saturated carbocycles. The number of aliphatic hydroxyl groups is 1. The summed E-state index contributed by atoms with van der Waals surface area (Å²) in [5.74, 6) is 4.08. The van der Waals surface area contributed by atoms with Gasteiger partial charge in [-0.3, -0.25) is 0 Å². The number of hydrogen-bond acceptors (Lipinski definition) is 6. The first-order chi connectivity index (χ1) is 29.8. The zero-order chi connectivity index (χ0) is 44.8. The minimum absolute atomic E-state index is 0.0795. The minimum Gasteiger partial charge on any atom is -0.490 e. The number of halogens is 3. The van der Waals surface area contributed by atoms with Gasteiger partial charge in [-0.05, 0) is 198 Å². The van der Waals surface area contributed by atoms with E-state index >= 15 is 0 Å². The van der Waals surface area contributed by atoms with Crippen LogP contribution in [0.2, 0.25) is 49.3 Å². The Labute approximate surface area is 397 Å². The molecule has 5 unspecified atom stereocenters. The third kappa shape index (κ3) is 12.0. The first-order valence-corrected chi connectivity index (χ1v) is 31.7. The summed E-state index contributed by atoms with van der Waals surface area (Å²) in [6.07, 6.45) is 9.68. The fourth-order valence-electron chi connectivity index (χ4n) is 10.2. The third-order valence-corrected chi connectivity index (χ3v) is 16.8. The molecule has 4 aromatic rings. The van der Waals surface area contributed by atoms with Crippen molar-refractivity contribution < 1.29 is 28.2 Å². The van der Waals surface area contributed by atoms with Crippen molar-refractivity contribution in [2.24, 2.45) is 29.6 Å². The number of hydrogen-bond donors (Lipinski definition) is 1. The van der Waals surface area contributed by atoms with Crippen LogP contribution in [0.15, 0.2) is 89.4 Å². The van der Waals surface area contributed by atoms with Crippen molar-refractivity contribution in [3.8, 4) is 11.5 Å². The second kappa shape index (κ2) is 19.2. The van der Waals surface area contributed by atoms with Crippen LogP contribution in [0.3, 0.4) is 0 Å². The van der Waals surface area contributed by atoms with Gasteiger partial charge >= 0.3 is 0 Å². The molecule has 9 rings (SSSR count). The zero-order valence-electron chi connectivity index (χ0n) is 38.3. The standard InChI is InChI=1S/C33H49ClO5Si2.C19H18BrClO/c1-9-30-21(2)31(38-40(3,4)5)32(39-41(6,7)8)33(35,37-30)26-12-15-29(34)25(18-26)16-22-10-13-27(14-11-22)36-28-19-23-17-24(23)20-28;20-16-3-6-19(21)15(9-16)7-12-1-4-17(5-2-12)22-18-10-13-8-14(13)11-18/h10-15,18,21,23-24,28,30-32,35H,9,16-17,19-20H2,1-8H3;1-6,9,13-14,18H,7-8,10-11H2/t21-,23?,24?,28?,30-,31+,32-,33?;/m1./s1. The first kappa shape index (κ1) is 47.3. The molecular formula is C52H67BrCl2O6Si2. The Morgan fingerprint density at radius 1 is 0.651 bits per heavy atom. The van der Waals surface area contributed by atoms with E-state index in [1.165, 1.54) is 44.1 Å². The molecule has 1 saturated heterocycles. The van der Waals surface area contributed by atoms with Gasteiger partial charge in [-0.25, -0.2) is 0 Å². The van der Waals surface area contributed by atoms with Gasteiger partial charge < -0.3 is 28.2 Å². The Morgan fingerprint density at radius 2 is 1.11 bits per heavy atom. The van der Waals surface area contributed by atoms with Crippen molar-refractivity contribution in [2.45, 2.75) is 147 Å². The van der Waals surface area contributed by atoms with Crippen LogP contribution >= 0.6 is 39.1 Å². The molecule has 63 heavy (non-hydrogen) atoms. The zero-order valence-corrected chi connectivity index (χ0v) is 43.4. The Bertz CT molecular complexity index is 2170. The molecule has 0 bridgehead atoms. The molecule has 6 nitrogen and oxygen atoms in total. The smallest absolute Gasteiger partial charge is 0.221 e. The second-order valence-electron chi connectivity index (χ2n) is 21.1. The summed E-state index contributed by atoms with van der Waals surface area (Å²) >= 11 is 16.5. The van der Waals surface area contributed by atoms with Gasteiger partial charge in [0.2, 0.25) is 5.79 Å². The Morgan fingerprint density at radius 3 is 1.57 bits per heavy atom. The molecule has 1 aliphatic heterocycles. The molecule has 11 heteroatoms. The quantitative estimate of drug-likeness (QED) is 0.127. The molecular weight excluding hydrogens is 928 g/mol. The van der Waals surface area contributed by atoms with Gasteiger partial charge in [-0.1, -0.05) is 83.3 Å². The van der Waals surface area contributed by atoms with E-state index in [0.717, 1.165) is 74.2 Å². The van der Waals surface area contributed by atoms with Gasteiger partial charge in [0.15, 0.2) is 16.6 Å². The Kier molecular flexibility index (Phi) is 14.4. The number of ether oxygens (including phenoxy) is 3. The van der Waals surface area contributed by atoms with Gasteiger partial charge in [0.1, 0.15) is 17.6 Å². The lowest BCUT2D eigenvalue weighted by molar-refractivity contribution is -0.339. The van der Waals surface area contributed by atoms with Crippen LogP contribution < -0.4 is 9.47 Å². The van der Waals surface area contributed by atoms with E-state index in [9.17, 15) is 5.11 Å². The van der Waals surface area contributed by atoms with Crippen molar-refractivity contribution in [1.29, 1.82) is 0 Å². The van der Waals surface area contributed by atoms with E-state index in [1.54, 1.807) is 0 Å². The SMILES string of the molecule is CC[C@H]1OC(O)(c2ccc(Cl)c(Cc3ccc(OC4CC5CC5C4)cc3)c2)[C@H](O[Si](C)(C)C)[C@@H](O[Si](C)(C)C)[C@@H]1C.Clc1ccc(Br)cc1Cc1ccc(OC2CC3CC3C2)cc1. The summed E-state index contributed by atoms with van der Waals surface area (Å²) < 4.78 is 33.5. The van der Waals surface area contributed by atoms with Crippen molar-refractivity contribution in [2.75, 3.05) is 0 Å². The highest BCUT2D eigenvalue weighted by atomic mass is 79.9. The topological polar surface area (TPSA) is 66.4 Å². The predicted octanol–water partition coefficient (Wildman–Crippen LogP) is 14.0. The molecule has 0 amide bonds. The molecule has 4 aliphatic carbocycles. The van der Waals surface area contributed by atoms with Crippen molar-refractivity contribution in [3.05, 3.63) is 127 Å². The van der Waals surface area contributed by atoms with Crippen molar-refractivity contribution >= 4 is 55.8 Å². The maximum atomic E-state index is 12.5. The van der Waals surface area contributed by atoms with E-state index in [4.69, 9.17) is 46.3 Å². The maximum Gasteiger partial charge on any atom is 0.221 e. The van der Waals surface area contributed by atoms with E-state index in [0.29, 0.717) is 29.2 Å². The molecule has 340 valence electrons. The highest BCUT2D eigenvalue weighted by Crippen LogP contribution is 2.53. The summed E-state index contributed by atoms with van der Waals surface area (Å²) in [6, 6.07) is 28.5. The molecule has 5 fully saturated rings. The fourth-order valence-corrected chi connectivity index (χ4v) is 13.2.